The molecule has 1 saturated heterocycles. The number of nitrogens with zero attached hydrogens (tertiary/aromatic N) is 4. The number of pyridine rings is 1. The highest BCUT2D eigenvalue weighted by atomic mass is 35.5. The van der Waals surface area contributed by atoms with Crippen molar-refractivity contribution in [1.29, 1.82) is 5.26 Å². The summed E-state index contributed by atoms with van der Waals surface area (Å²) in [6.45, 7) is 6.02. The Bertz CT molecular complexity index is 955. The maximum Gasteiger partial charge on any atom is 0.102 e. The van der Waals surface area contributed by atoms with Crippen molar-refractivity contribution in [1.82, 2.24) is 14.2 Å². The van der Waals surface area contributed by atoms with Crippen LogP contribution in [0.15, 0.2) is 54.9 Å². The zero-order valence-corrected chi connectivity index (χ0v) is 16.1. The van der Waals surface area contributed by atoms with Crippen LogP contribution in [0.2, 0.25) is 5.02 Å². The Morgan fingerprint density at radius 3 is 2.41 bits per heavy atom. The summed E-state index contributed by atoms with van der Waals surface area (Å²) in [4.78, 5) is 4.97. The fourth-order valence-electron chi connectivity index (χ4n) is 3.86. The third-order valence-electron chi connectivity index (χ3n) is 5.27. The van der Waals surface area contributed by atoms with Crippen molar-refractivity contribution in [3.8, 4) is 6.07 Å². The Kier molecular flexibility index (Phi) is 5.45. The van der Waals surface area contributed by atoms with Gasteiger partial charge in [-0.15, -0.1) is 0 Å². The second kappa shape index (κ2) is 8.14. The SMILES string of the molecule is N#Cc1c(CN2CCCN(Cc3ccc(Cl)cc3)CC2)cn2ccccc12. The Morgan fingerprint density at radius 2 is 1.67 bits per heavy atom. The molecule has 0 N–H and O–H groups in total. The molecule has 27 heavy (non-hydrogen) atoms. The lowest BCUT2D eigenvalue weighted by Gasteiger charge is -2.21. The molecule has 3 aromatic rings. The second-order valence-electron chi connectivity index (χ2n) is 7.17. The molecule has 0 amide bonds. The highest BCUT2D eigenvalue weighted by molar-refractivity contribution is 6.30. The quantitative estimate of drug-likeness (QED) is 0.683. The molecule has 1 aliphatic heterocycles. The van der Waals surface area contributed by atoms with Gasteiger partial charge < -0.3 is 4.40 Å². The smallest absolute Gasteiger partial charge is 0.102 e. The number of hydrogen-bond acceptors (Lipinski definition) is 3. The second-order valence-corrected chi connectivity index (χ2v) is 7.60. The molecule has 2 aromatic heterocycles. The van der Waals surface area contributed by atoms with Gasteiger partial charge in [-0.3, -0.25) is 9.80 Å². The van der Waals surface area contributed by atoms with Crippen LogP contribution in [-0.4, -0.2) is 40.4 Å². The normalized spacial score (nSPS) is 16.3. The maximum atomic E-state index is 9.62. The molecular weight excluding hydrogens is 356 g/mol. The van der Waals surface area contributed by atoms with Gasteiger partial charge in [0, 0.05) is 49.2 Å². The van der Waals surface area contributed by atoms with E-state index in [-0.39, 0.29) is 0 Å². The van der Waals surface area contributed by atoms with E-state index in [1.54, 1.807) is 0 Å². The van der Waals surface area contributed by atoms with Crippen LogP contribution >= 0.6 is 11.6 Å². The summed E-state index contributed by atoms with van der Waals surface area (Å²) in [7, 11) is 0. The van der Waals surface area contributed by atoms with E-state index in [1.807, 2.05) is 36.5 Å². The molecule has 0 aliphatic carbocycles. The van der Waals surface area contributed by atoms with Gasteiger partial charge in [0.15, 0.2) is 0 Å². The van der Waals surface area contributed by atoms with E-state index < -0.39 is 0 Å². The summed E-state index contributed by atoms with van der Waals surface area (Å²) < 4.78 is 2.05. The van der Waals surface area contributed by atoms with Crippen molar-refractivity contribution in [2.24, 2.45) is 0 Å². The van der Waals surface area contributed by atoms with Crippen LogP contribution in [-0.2, 0) is 13.1 Å². The van der Waals surface area contributed by atoms with E-state index in [9.17, 15) is 5.26 Å². The molecule has 0 atom stereocenters. The Balaban J connectivity index is 1.41. The minimum absolute atomic E-state index is 0.786. The minimum Gasteiger partial charge on any atom is -0.322 e. The van der Waals surface area contributed by atoms with Gasteiger partial charge in [0.25, 0.3) is 0 Å². The average Bonchev–Trinajstić information content (AvgIpc) is 2.89. The highest BCUT2D eigenvalue weighted by Crippen LogP contribution is 2.20. The summed E-state index contributed by atoms with van der Waals surface area (Å²) in [5.41, 5.74) is 4.22. The standard InChI is InChI=1S/C22H23ClN4/c23-20-7-5-18(6-8-20)15-25-9-3-10-26(13-12-25)16-19-17-27-11-2-1-4-22(27)21(19)14-24/h1-2,4-8,11,17H,3,9-10,12-13,15-16H2. The maximum absolute atomic E-state index is 9.62. The first-order chi connectivity index (χ1) is 13.2. The molecule has 0 unspecified atom stereocenters. The van der Waals surface area contributed by atoms with Crippen LogP contribution in [0.25, 0.3) is 5.52 Å². The van der Waals surface area contributed by atoms with E-state index in [0.29, 0.717) is 0 Å². The van der Waals surface area contributed by atoms with Gasteiger partial charge in [0.1, 0.15) is 6.07 Å². The highest BCUT2D eigenvalue weighted by Gasteiger charge is 2.18. The molecule has 0 radical (unpaired) electrons. The van der Waals surface area contributed by atoms with Gasteiger partial charge in [-0.1, -0.05) is 29.8 Å². The van der Waals surface area contributed by atoms with Crippen LogP contribution in [0.4, 0.5) is 0 Å². The fraction of sp³-hybridized carbons (Fsp3) is 0.318. The largest absolute Gasteiger partial charge is 0.322 e. The van der Waals surface area contributed by atoms with Crippen LogP contribution in [0.3, 0.4) is 0 Å². The Morgan fingerprint density at radius 1 is 0.926 bits per heavy atom. The molecule has 1 aromatic carbocycles. The number of rotatable bonds is 4. The van der Waals surface area contributed by atoms with E-state index in [1.165, 1.54) is 5.56 Å². The zero-order valence-electron chi connectivity index (χ0n) is 15.3. The van der Waals surface area contributed by atoms with Crippen LogP contribution < -0.4 is 0 Å². The van der Waals surface area contributed by atoms with Gasteiger partial charge in [-0.25, -0.2) is 0 Å². The minimum atomic E-state index is 0.786. The van der Waals surface area contributed by atoms with Crippen LogP contribution in [0, 0.1) is 11.3 Å². The molecule has 138 valence electrons. The van der Waals surface area contributed by atoms with E-state index in [0.717, 1.165) is 67.4 Å². The Labute approximate surface area is 165 Å². The summed E-state index contributed by atoms with van der Waals surface area (Å²) >= 11 is 5.99. The lowest BCUT2D eigenvalue weighted by Crippen LogP contribution is -2.30. The summed E-state index contributed by atoms with van der Waals surface area (Å²) in [6, 6.07) is 16.5. The monoisotopic (exact) mass is 378 g/mol. The number of aromatic nitrogens is 1. The fourth-order valence-corrected chi connectivity index (χ4v) is 3.98. The molecule has 5 heteroatoms. The Hall–Kier alpha value is -2.32. The van der Waals surface area contributed by atoms with Crippen LogP contribution in [0.5, 0.6) is 0 Å². The van der Waals surface area contributed by atoms with Gasteiger partial charge >= 0.3 is 0 Å². The zero-order chi connectivity index (χ0) is 18.6. The average molecular weight is 379 g/mol. The predicted octanol–water partition coefficient (Wildman–Crippen LogP) is 4.17. The molecule has 4 nitrogen and oxygen atoms in total. The van der Waals surface area contributed by atoms with E-state index in [4.69, 9.17) is 11.6 Å². The van der Waals surface area contributed by atoms with Crippen molar-refractivity contribution in [3.05, 3.63) is 76.6 Å². The van der Waals surface area contributed by atoms with Crippen molar-refractivity contribution in [2.45, 2.75) is 19.5 Å². The molecular formula is C22H23ClN4. The summed E-state index contributed by atoms with van der Waals surface area (Å²) in [6.07, 6.45) is 5.25. The molecule has 1 aliphatic rings. The molecule has 1 fully saturated rings. The van der Waals surface area contributed by atoms with Gasteiger partial charge in [0.05, 0.1) is 11.1 Å². The number of benzene rings is 1. The number of halogens is 1. The molecule has 3 heterocycles. The molecule has 0 bridgehead atoms. The predicted molar refractivity (Wildman–Crippen MR) is 109 cm³/mol. The molecule has 4 rings (SSSR count). The number of nitriles is 1. The van der Waals surface area contributed by atoms with Crippen molar-refractivity contribution in [3.63, 3.8) is 0 Å². The lowest BCUT2D eigenvalue weighted by molar-refractivity contribution is 0.247. The lowest BCUT2D eigenvalue weighted by atomic mass is 10.1. The van der Waals surface area contributed by atoms with Crippen LogP contribution in [0.1, 0.15) is 23.1 Å². The van der Waals surface area contributed by atoms with Gasteiger partial charge in [-0.2, -0.15) is 5.26 Å². The first-order valence-corrected chi connectivity index (χ1v) is 9.78. The van der Waals surface area contributed by atoms with Crippen molar-refractivity contribution in [2.75, 3.05) is 26.2 Å². The molecule has 0 saturated carbocycles. The number of hydrogen-bond donors (Lipinski definition) is 0. The summed E-state index contributed by atoms with van der Waals surface area (Å²) in [5, 5.41) is 10.4. The first kappa shape index (κ1) is 18.1. The van der Waals surface area contributed by atoms with Crippen molar-refractivity contribution < 1.29 is 0 Å². The van der Waals surface area contributed by atoms with E-state index in [2.05, 4.69) is 38.6 Å². The third kappa shape index (κ3) is 4.17. The topological polar surface area (TPSA) is 34.7 Å². The summed E-state index contributed by atoms with van der Waals surface area (Å²) in [5.74, 6) is 0. The van der Waals surface area contributed by atoms with Gasteiger partial charge in [0.2, 0.25) is 0 Å². The first-order valence-electron chi connectivity index (χ1n) is 9.41. The number of fused-ring (bicyclic) bond motifs is 1. The van der Waals surface area contributed by atoms with Gasteiger partial charge in [-0.05, 0) is 49.3 Å². The van der Waals surface area contributed by atoms with Crippen molar-refractivity contribution >= 4 is 17.1 Å². The van der Waals surface area contributed by atoms with E-state index >= 15 is 0 Å². The molecule has 0 spiro atoms. The third-order valence-corrected chi connectivity index (χ3v) is 5.52.